The molecule has 0 atom stereocenters. The summed E-state index contributed by atoms with van der Waals surface area (Å²) >= 11 is 14.0. The lowest BCUT2D eigenvalue weighted by atomic mass is 10.1. The fourth-order valence-corrected chi connectivity index (χ4v) is 5.21. The summed E-state index contributed by atoms with van der Waals surface area (Å²) in [6.07, 6.45) is -3.94. The van der Waals surface area contributed by atoms with Gasteiger partial charge in [-0.2, -0.15) is 13.2 Å². The van der Waals surface area contributed by atoms with Crippen molar-refractivity contribution in [3.05, 3.63) is 68.6 Å². The van der Waals surface area contributed by atoms with E-state index in [2.05, 4.69) is 26.8 Å². The van der Waals surface area contributed by atoms with Gasteiger partial charge in [0.25, 0.3) is 0 Å². The minimum atomic E-state index is -4.38. The Labute approximate surface area is 192 Å². The summed E-state index contributed by atoms with van der Waals surface area (Å²) < 4.78 is 38.5. The lowest BCUT2D eigenvalue weighted by Gasteiger charge is -2.10. The number of anilines is 2. The predicted molar refractivity (Wildman–Crippen MR) is 123 cm³/mol. The lowest BCUT2D eigenvalue weighted by Crippen LogP contribution is -2.20. The third kappa shape index (κ3) is 4.84. The molecule has 0 aliphatic heterocycles. The zero-order chi connectivity index (χ0) is 22.2. The van der Waals surface area contributed by atoms with Gasteiger partial charge in [-0.25, -0.2) is 15.0 Å². The lowest BCUT2D eigenvalue weighted by molar-refractivity contribution is -0.137. The summed E-state index contributed by atoms with van der Waals surface area (Å²) in [5, 5.41) is 4.98. The Morgan fingerprint density at radius 2 is 1.68 bits per heavy atom. The summed E-state index contributed by atoms with van der Waals surface area (Å²) in [7, 11) is -0.668. The second-order valence-corrected chi connectivity index (χ2v) is 9.90. The normalized spacial score (nSPS) is 12.2. The summed E-state index contributed by atoms with van der Waals surface area (Å²) in [6.45, 7) is 2.06. The number of fused-ring (bicyclic) bond motifs is 1. The highest BCUT2D eigenvalue weighted by Gasteiger charge is 2.30. The van der Waals surface area contributed by atoms with Crippen LogP contribution in [0, 0.1) is 0 Å². The van der Waals surface area contributed by atoms with Gasteiger partial charge in [-0.3, -0.25) is 0 Å². The Morgan fingerprint density at radius 3 is 2.29 bits per heavy atom. The average Bonchev–Trinajstić information content (AvgIpc) is 3.13. The number of aromatic nitrogens is 3. The maximum Gasteiger partial charge on any atom is 0.416 e. The number of nitrogens with one attached hydrogen (secondary N) is 1. The van der Waals surface area contributed by atoms with Crippen molar-refractivity contribution in [3.63, 3.8) is 0 Å². The maximum atomic E-state index is 12.8. The topological polar surface area (TPSA) is 50.7 Å². The van der Waals surface area contributed by atoms with Gasteiger partial charge in [0, 0.05) is 22.2 Å². The number of benzene rings is 2. The number of alkyl halides is 3. The molecule has 2 aromatic carbocycles. The predicted octanol–water partition coefficient (Wildman–Crippen LogP) is 5.59. The van der Waals surface area contributed by atoms with Gasteiger partial charge in [-0.05, 0) is 42.0 Å². The van der Waals surface area contributed by atoms with E-state index in [9.17, 15) is 13.2 Å². The van der Waals surface area contributed by atoms with Gasteiger partial charge in [-0.15, -0.1) is 0 Å². The van der Waals surface area contributed by atoms with Crippen LogP contribution in [0.3, 0.4) is 0 Å². The van der Waals surface area contributed by atoms with Gasteiger partial charge >= 0.3 is 6.18 Å². The first-order valence-electron chi connectivity index (χ1n) is 9.28. The molecule has 4 aromatic rings. The number of hydrogen-bond donors (Lipinski definition) is 1. The van der Waals surface area contributed by atoms with E-state index in [0.717, 1.165) is 28.2 Å². The minimum absolute atomic E-state index is 0.443. The largest absolute Gasteiger partial charge is 0.416 e. The number of rotatable bonds is 5. The van der Waals surface area contributed by atoms with Crippen molar-refractivity contribution in [2.45, 2.75) is 19.1 Å². The van der Waals surface area contributed by atoms with Crippen LogP contribution >= 0.6 is 34.5 Å². The van der Waals surface area contributed by atoms with Gasteiger partial charge in [-0.1, -0.05) is 47.2 Å². The Bertz CT molecular complexity index is 1230. The van der Waals surface area contributed by atoms with Crippen LogP contribution in [-0.2, 0) is 12.6 Å². The molecule has 0 aliphatic carbocycles. The number of halogens is 5. The molecule has 0 radical (unpaired) electrons. The van der Waals surface area contributed by atoms with Crippen molar-refractivity contribution in [1.29, 1.82) is 0 Å². The average molecular weight is 499 g/mol. The SMILES string of the molecule is C[SiH2]c1nc(Nc2ccc(C(F)(F)F)cc2)c2nc(Cc3c(Cl)cccc3Cl)sc2n1. The summed E-state index contributed by atoms with van der Waals surface area (Å²) in [4.78, 5) is 14.5. The smallest absolute Gasteiger partial charge is 0.338 e. The summed E-state index contributed by atoms with van der Waals surface area (Å²) in [6, 6.07) is 10.1. The number of hydrogen-bond acceptors (Lipinski definition) is 5. The van der Waals surface area contributed by atoms with E-state index in [-0.39, 0.29) is 0 Å². The zero-order valence-electron chi connectivity index (χ0n) is 16.1. The molecule has 0 spiro atoms. The van der Waals surface area contributed by atoms with Crippen molar-refractivity contribution in [2.75, 3.05) is 5.32 Å². The molecule has 0 aliphatic rings. The van der Waals surface area contributed by atoms with Crippen LogP contribution in [-0.4, -0.2) is 24.5 Å². The molecule has 0 unspecified atom stereocenters. The molecule has 0 fully saturated rings. The molecule has 4 nitrogen and oxygen atoms in total. The van der Waals surface area contributed by atoms with Crippen LogP contribution in [0.1, 0.15) is 16.1 Å². The second-order valence-electron chi connectivity index (χ2n) is 6.68. The van der Waals surface area contributed by atoms with E-state index in [1.54, 1.807) is 18.2 Å². The highest BCUT2D eigenvalue weighted by atomic mass is 35.5. The molecule has 31 heavy (non-hydrogen) atoms. The van der Waals surface area contributed by atoms with Crippen molar-refractivity contribution >= 4 is 71.4 Å². The van der Waals surface area contributed by atoms with Crippen LogP contribution in [0.25, 0.3) is 10.3 Å². The second kappa shape index (κ2) is 8.74. The van der Waals surface area contributed by atoms with E-state index in [0.29, 0.717) is 38.3 Å². The Hall–Kier alpha value is -2.20. The third-order valence-electron chi connectivity index (χ3n) is 4.53. The molecule has 1 N–H and O–H groups in total. The standard InChI is InChI=1S/C20H15Cl2F3N4SSi/c1-31-19-28-17(26-11-7-5-10(6-8-11)20(23,24)25)16-18(29-19)30-15(27-16)9-12-13(21)3-2-4-14(12)22/h2-8H,9,31H2,1H3,(H,26,28,29). The Balaban J connectivity index is 1.70. The molecule has 11 heteroatoms. The first-order valence-corrected chi connectivity index (χ1v) is 13.0. The summed E-state index contributed by atoms with van der Waals surface area (Å²) in [5.41, 5.74) is 1.86. The first-order chi connectivity index (χ1) is 14.7. The fourth-order valence-electron chi connectivity index (χ4n) is 2.96. The highest BCUT2D eigenvalue weighted by molar-refractivity contribution is 7.18. The molecular weight excluding hydrogens is 484 g/mol. The molecule has 0 amide bonds. The van der Waals surface area contributed by atoms with Crippen molar-refractivity contribution in [2.24, 2.45) is 0 Å². The van der Waals surface area contributed by atoms with Crippen LogP contribution < -0.4 is 10.8 Å². The molecule has 4 rings (SSSR count). The molecule has 2 aromatic heterocycles. The molecule has 0 saturated carbocycles. The monoisotopic (exact) mass is 498 g/mol. The van der Waals surface area contributed by atoms with Gasteiger partial charge in [0.1, 0.15) is 20.8 Å². The van der Waals surface area contributed by atoms with Crippen molar-refractivity contribution in [3.8, 4) is 0 Å². The third-order valence-corrected chi connectivity index (χ3v) is 7.14. The van der Waals surface area contributed by atoms with Crippen LogP contribution in [0.15, 0.2) is 42.5 Å². The minimum Gasteiger partial charge on any atom is -0.338 e. The van der Waals surface area contributed by atoms with Crippen molar-refractivity contribution < 1.29 is 13.2 Å². The van der Waals surface area contributed by atoms with Crippen LogP contribution in [0.5, 0.6) is 0 Å². The van der Waals surface area contributed by atoms with E-state index in [1.807, 2.05) is 0 Å². The van der Waals surface area contributed by atoms with Crippen LogP contribution in [0.2, 0.25) is 16.6 Å². The van der Waals surface area contributed by atoms with Gasteiger partial charge < -0.3 is 5.32 Å². The number of nitrogens with zero attached hydrogens (tertiary/aromatic N) is 3. The Morgan fingerprint density at radius 1 is 1.00 bits per heavy atom. The molecule has 0 bridgehead atoms. The fraction of sp³-hybridized carbons (Fsp3) is 0.150. The van der Waals surface area contributed by atoms with Gasteiger partial charge in [0.2, 0.25) is 0 Å². The van der Waals surface area contributed by atoms with Crippen molar-refractivity contribution in [1.82, 2.24) is 15.0 Å². The maximum absolute atomic E-state index is 12.8. The Kier molecular flexibility index (Phi) is 6.20. The van der Waals surface area contributed by atoms with E-state index in [1.165, 1.54) is 23.5 Å². The summed E-state index contributed by atoms with van der Waals surface area (Å²) in [5.74, 6) is 0.474. The molecule has 160 valence electrons. The van der Waals surface area contributed by atoms with Gasteiger partial charge in [0.05, 0.1) is 15.1 Å². The highest BCUT2D eigenvalue weighted by Crippen LogP contribution is 2.33. The van der Waals surface area contributed by atoms with E-state index in [4.69, 9.17) is 23.2 Å². The van der Waals surface area contributed by atoms with Gasteiger partial charge in [0.15, 0.2) is 5.82 Å². The first kappa shape index (κ1) is 22.0. The molecular formula is C20H15Cl2F3N4SSi. The zero-order valence-corrected chi connectivity index (χ0v) is 19.8. The van der Waals surface area contributed by atoms with Crippen LogP contribution in [0.4, 0.5) is 24.7 Å². The molecule has 0 saturated heterocycles. The quantitative estimate of drug-likeness (QED) is 0.364. The van der Waals surface area contributed by atoms with E-state index >= 15 is 0 Å². The molecule has 2 heterocycles. The number of thiazole rings is 1. The van der Waals surface area contributed by atoms with E-state index < -0.39 is 21.3 Å².